The monoisotopic (exact) mass is 487 g/mol. The molecule has 0 bridgehead atoms. The molecule has 0 aromatic carbocycles. The van der Waals surface area contributed by atoms with Crippen LogP contribution >= 0.6 is 0 Å². The Bertz CT molecular complexity index is 681. The van der Waals surface area contributed by atoms with Gasteiger partial charge in [-0.15, -0.1) is 0 Å². The van der Waals surface area contributed by atoms with E-state index in [4.69, 9.17) is 24.4 Å². The van der Waals surface area contributed by atoms with Gasteiger partial charge in [0.05, 0.1) is 25.4 Å². The standard InChI is InChI=1S/C17H29NO15/c19-2-6(22)10(24)14-9(18-8(23)3-20)5(21)1-17(33-14,16(29)30)31-4-7-11(25)12(26)13(27)15(28)32-7/h5-7,9-15,19-22,24-28H,1-4H2,(H,18,23)(H,29,30)/t5?,6-,7?,9?,10-,11?,12?,13?,14?,15?,17?/m1/s1. The third-order valence-electron chi connectivity index (χ3n) is 5.46. The molecule has 0 aliphatic carbocycles. The predicted molar refractivity (Wildman–Crippen MR) is 98.8 cm³/mol. The summed E-state index contributed by atoms with van der Waals surface area (Å²) in [5.41, 5.74) is 0. The predicted octanol–water partition coefficient (Wildman–Crippen LogP) is -7.08. The first-order valence-corrected chi connectivity index (χ1v) is 9.86. The maximum atomic E-state index is 12.0. The minimum atomic E-state index is -2.75. The summed E-state index contributed by atoms with van der Waals surface area (Å²) >= 11 is 0. The van der Waals surface area contributed by atoms with Gasteiger partial charge < -0.3 is 70.6 Å². The van der Waals surface area contributed by atoms with E-state index in [9.17, 15) is 50.4 Å². The van der Waals surface area contributed by atoms with E-state index in [-0.39, 0.29) is 0 Å². The number of aliphatic hydroxyl groups is 9. The Balaban J connectivity index is 2.28. The number of nitrogens with one attached hydrogen (secondary N) is 1. The van der Waals surface area contributed by atoms with E-state index >= 15 is 0 Å². The number of carboxylic acid groups (broad SMARTS) is 1. The summed E-state index contributed by atoms with van der Waals surface area (Å²) in [6.45, 7) is -2.89. The lowest BCUT2D eigenvalue weighted by Crippen LogP contribution is -2.68. The van der Waals surface area contributed by atoms with Gasteiger partial charge in [0, 0.05) is 6.42 Å². The van der Waals surface area contributed by atoms with Crippen molar-refractivity contribution in [3.05, 3.63) is 0 Å². The fraction of sp³-hybridized carbons (Fsp3) is 0.882. The summed E-state index contributed by atoms with van der Waals surface area (Å²) in [4.78, 5) is 23.6. The third kappa shape index (κ3) is 5.94. The molecule has 9 unspecified atom stereocenters. The average Bonchev–Trinajstić information content (AvgIpc) is 2.79. The molecule has 0 aromatic heterocycles. The van der Waals surface area contributed by atoms with E-state index in [0.29, 0.717) is 0 Å². The van der Waals surface area contributed by atoms with Crippen molar-refractivity contribution in [2.24, 2.45) is 0 Å². The quantitative estimate of drug-likeness (QED) is 0.144. The second-order valence-electron chi connectivity index (χ2n) is 7.75. The molecule has 2 aliphatic heterocycles. The number of hydrogen-bond donors (Lipinski definition) is 11. The van der Waals surface area contributed by atoms with E-state index in [0.717, 1.165) is 0 Å². The molecule has 2 aliphatic rings. The molecular formula is C17H29NO15. The molecule has 11 atom stereocenters. The van der Waals surface area contributed by atoms with Gasteiger partial charge in [-0.3, -0.25) is 4.79 Å². The van der Waals surface area contributed by atoms with Crippen molar-refractivity contribution in [2.45, 2.75) is 73.4 Å². The van der Waals surface area contributed by atoms with Crippen LogP contribution in [0, 0.1) is 0 Å². The SMILES string of the molecule is O=C(CO)NC1C(O)CC(OCC2OC(O)C(O)C(O)C2O)(C(=O)O)OC1[C@H](O)[C@H](O)CO. The molecule has 2 saturated heterocycles. The molecule has 16 nitrogen and oxygen atoms in total. The highest BCUT2D eigenvalue weighted by Crippen LogP contribution is 2.34. The summed E-state index contributed by atoms with van der Waals surface area (Å²) in [6, 6.07) is -1.55. The lowest BCUT2D eigenvalue weighted by molar-refractivity contribution is -0.334. The molecule has 192 valence electrons. The maximum Gasteiger partial charge on any atom is 0.364 e. The van der Waals surface area contributed by atoms with Gasteiger partial charge >= 0.3 is 5.97 Å². The smallest absolute Gasteiger partial charge is 0.364 e. The fourth-order valence-electron chi connectivity index (χ4n) is 3.56. The third-order valence-corrected chi connectivity index (χ3v) is 5.46. The Labute approximate surface area is 186 Å². The van der Waals surface area contributed by atoms with Crippen molar-refractivity contribution in [1.82, 2.24) is 5.32 Å². The molecule has 0 spiro atoms. The molecule has 0 aromatic rings. The lowest BCUT2D eigenvalue weighted by atomic mass is 9.88. The zero-order valence-electron chi connectivity index (χ0n) is 17.1. The molecule has 0 saturated carbocycles. The Kier molecular flexibility index (Phi) is 9.45. The van der Waals surface area contributed by atoms with Crippen LogP contribution in [0.15, 0.2) is 0 Å². The van der Waals surface area contributed by atoms with E-state index in [1.807, 2.05) is 0 Å². The first kappa shape index (κ1) is 27.7. The highest BCUT2D eigenvalue weighted by molar-refractivity contribution is 5.78. The summed E-state index contributed by atoms with van der Waals surface area (Å²) in [5.74, 6) is -5.62. The van der Waals surface area contributed by atoms with Crippen LogP contribution in [0.5, 0.6) is 0 Å². The minimum Gasteiger partial charge on any atom is -0.477 e. The molecule has 33 heavy (non-hydrogen) atoms. The summed E-state index contributed by atoms with van der Waals surface area (Å²) in [6.07, 6.45) is -17.5. The molecule has 2 fully saturated rings. The number of amides is 1. The summed E-state index contributed by atoms with van der Waals surface area (Å²) in [7, 11) is 0. The van der Waals surface area contributed by atoms with Crippen molar-refractivity contribution >= 4 is 11.9 Å². The maximum absolute atomic E-state index is 12.0. The van der Waals surface area contributed by atoms with Crippen LogP contribution in [0.3, 0.4) is 0 Å². The van der Waals surface area contributed by atoms with Gasteiger partial charge in [-0.1, -0.05) is 0 Å². The Hall–Kier alpha value is -1.54. The number of carbonyl (C=O) groups excluding carboxylic acids is 1. The molecule has 2 rings (SSSR count). The lowest BCUT2D eigenvalue weighted by Gasteiger charge is -2.47. The van der Waals surface area contributed by atoms with E-state index in [1.165, 1.54) is 0 Å². The summed E-state index contributed by atoms with van der Waals surface area (Å²) in [5, 5.41) is 99.4. The van der Waals surface area contributed by atoms with Gasteiger partial charge in [0.15, 0.2) is 6.29 Å². The molecule has 16 heteroatoms. The van der Waals surface area contributed by atoms with Crippen LogP contribution < -0.4 is 5.32 Å². The summed E-state index contributed by atoms with van der Waals surface area (Å²) < 4.78 is 15.5. The van der Waals surface area contributed by atoms with Gasteiger partial charge in [-0.25, -0.2) is 4.79 Å². The molecule has 1 amide bonds. The van der Waals surface area contributed by atoms with Crippen LogP contribution in [0.1, 0.15) is 6.42 Å². The van der Waals surface area contributed by atoms with Crippen LogP contribution in [0.4, 0.5) is 0 Å². The zero-order valence-corrected chi connectivity index (χ0v) is 17.1. The second-order valence-corrected chi connectivity index (χ2v) is 7.75. The topological polar surface area (TPSA) is 276 Å². The van der Waals surface area contributed by atoms with Crippen molar-refractivity contribution in [1.29, 1.82) is 0 Å². The largest absolute Gasteiger partial charge is 0.477 e. The Morgan fingerprint density at radius 3 is 2.24 bits per heavy atom. The van der Waals surface area contributed by atoms with Crippen LogP contribution in [0.25, 0.3) is 0 Å². The zero-order chi connectivity index (χ0) is 25.1. The van der Waals surface area contributed by atoms with Gasteiger partial charge in [0.1, 0.15) is 49.3 Å². The van der Waals surface area contributed by atoms with Crippen molar-refractivity contribution in [3.63, 3.8) is 0 Å². The average molecular weight is 487 g/mol. The Morgan fingerprint density at radius 1 is 1.06 bits per heavy atom. The minimum absolute atomic E-state index is 0.861. The van der Waals surface area contributed by atoms with Crippen molar-refractivity contribution in [3.8, 4) is 0 Å². The van der Waals surface area contributed by atoms with Crippen molar-refractivity contribution in [2.75, 3.05) is 19.8 Å². The van der Waals surface area contributed by atoms with Gasteiger partial charge in [-0.05, 0) is 0 Å². The van der Waals surface area contributed by atoms with Crippen LogP contribution in [0.2, 0.25) is 0 Å². The normalized spacial score (nSPS) is 41.2. The number of hydrogen-bond acceptors (Lipinski definition) is 14. The number of carboxylic acids is 1. The first-order valence-electron chi connectivity index (χ1n) is 9.86. The van der Waals surface area contributed by atoms with E-state index in [2.05, 4.69) is 5.32 Å². The van der Waals surface area contributed by atoms with Crippen LogP contribution in [-0.4, -0.2) is 150 Å². The van der Waals surface area contributed by atoms with Gasteiger partial charge in [-0.2, -0.15) is 0 Å². The number of aliphatic carboxylic acids is 1. The molecule has 0 radical (unpaired) electrons. The molecule has 11 N–H and O–H groups in total. The first-order chi connectivity index (χ1) is 15.4. The molecule has 2 heterocycles. The number of carbonyl (C=O) groups is 2. The number of aliphatic hydroxyl groups excluding tert-OH is 9. The number of ether oxygens (including phenoxy) is 3. The molecular weight excluding hydrogens is 458 g/mol. The van der Waals surface area contributed by atoms with Gasteiger partial charge in [0.2, 0.25) is 5.91 Å². The second kappa shape index (κ2) is 11.3. The van der Waals surface area contributed by atoms with Crippen molar-refractivity contribution < 1.29 is 74.9 Å². The highest BCUT2D eigenvalue weighted by atomic mass is 16.7. The Morgan fingerprint density at radius 2 is 1.70 bits per heavy atom. The highest BCUT2D eigenvalue weighted by Gasteiger charge is 2.56. The number of rotatable bonds is 9. The fourth-order valence-corrected chi connectivity index (χ4v) is 3.56. The van der Waals surface area contributed by atoms with Crippen LogP contribution in [-0.2, 0) is 23.8 Å². The van der Waals surface area contributed by atoms with E-state index < -0.39 is 105 Å². The van der Waals surface area contributed by atoms with E-state index in [1.54, 1.807) is 0 Å². The van der Waals surface area contributed by atoms with Gasteiger partial charge in [0.25, 0.3) is 5.79 Å².